The molecule has 3 aromatic carbocycles. The van der Waals surface area contributed by atoms with Gasteiger partial charge in [-0.25, -0.2) is 0 Å². The summed E-state index contributed by atoms with van der Waals surface area (Å²) in [5, 5.41) is 4.57. The predicted molar refractivity (Wildman–Crippen MR) is 125 cm³/mol. The Kier molecular flexibility index (Phi) is 7.70. The zero-order valence-electron chi connectivity index (χ0n) is 16.3. The van der Waals surface area contributed by atoms with E-state index >= 15 is 0 Å². The first-order valence-electron chi connectivity index (χ1n) is 9.28. The number of anilines is 1. The van der Waals surface area contributed by atoms with E-state index in [1.807, 2.05) is 19.1 Å². The molecule has 0 aliphatic carbocycles. The Morgan fingerprint density at radius 2 is 1.69 bits per heavy atom. The van der Waals surface area contributed by atoms with Crippen LogP contribution in [-0.2, 0) is 13.2 Å². The molecule has 0 aromatic heterocycles. The van der Waals surface area contributed by atoms with E-state index < -0.39 is 0 Å². The third-order valence-electron chi connectivity index (χ3n) is 4.28. The van der Waals surface area contributed by atoms with Crippen LogP contribution in [0.25, 0.3) is 0 Å². The molecule has 0 unspecified atom stereocenters. The first-order valence-corrected chi connectivity index (χ1v) is 10.8. The van der Waals surface area contributed by atoms with Crippen molar-refractivity contribution in [2.45, 2.75) is 27.0 Å². The summed E-state index contributed by atoms with van der Waals surface area (Å²) in [7, 11) is 0. The second-order valence-corrected chi connectivity index (χ2v) is 8.29. The molecule has 0 saturated carbocycles. The van der Waals surface area contributed by atoms with Gasteiger partial charge in [0.15, 0.2) is 11.5 Å². The maximum Gasteiger partial charge on any atom is 0.175 e. The minimum absolute atomic E-state index is 0.467. The van der Waals surface area contributed by atoms with Gasteiger partial charge in [-0.05, 0) is 71.2 Å². The fourth-order valence-electron chi connectivity index (χ4n) is 2.80. The lowest BCUT2D eigenvalue weighted by atomic mass is 10.1. The number of benzene rings is 3. The van der Waals surface area contributed by atoms with Gasteiger partial charge in [0.05, 0.1) is 21.8 Å². The maximum atomic E-state index is 6.23. The fraction of sp³-hybridized carbons (Fsp3) is 0.217. The molecule has 0 saturated heterocycles. The summed E-state index contributed by atoms with van der Waals surface area (Å²) >= 11 is 15.9. The fourth-order valence-corrected chi connectivity index (χ4v) is 3.76. The zero-order valence-corrected chi connectivity index (χ0v) is 19.4. The van der Waals surface area contributed by atoms with Crippen LogP contribution in [0.5, 0.6) is 11.5 Å². The van der Waals surface area contributed by atoms with Crippen LogP contribution in [0.3, 0.4) is 0 Å². The average Bonchev–Trinajstić information content (AvgIpc) is 2.69. The normalized spacial score (nSPS) is 10.7. The van der Waals surface area contributed by atoms with Crippen LogP contribution in [-0.4, -0.2) is 6.61 Å². The monoisotopic (exact) mass is 493 g/mol. The Morgan fingerprint density at radius 1 is 0.931 bits per heavy atom. The molecule has 0 atom stereocenters. The maximum absolute atomic E-state index is 6.23. The number of hydrogen-bond donors (Lipinski definition) is 1. The SMILES string of the molecule is CCOc1cc(CNc2cc(Cl)ccc2Cl)cc(Br)c1OCc1ccc(C)cc1. The van der Waals surface area contributed by atoms with E-state index in [2.05, 4.69) is 52.4 Å². The third kappa shape index (κ3) is 6.05. The first-order chi connectivity index (χ1) is 14.0. The highest BCUT2D eigenvalue weighted by molar-refractivity contribution is 9.10. The lowest BCUT2D eigenvalue weighted by molar-refractivity contribution is 0.267. The van der Waals surface area contributed by atoms with Gasteiger partial charge < -0.3 is 14.8 Å². The molecule has 29 heavy (non-hydrogen) atoms. The van der Waals surface area contributed by atoms with Crippen LogP contribution in [0.4, 0.5) is 5.69 Å². The molecule has 6 heteroatoms. The summed E-state index contributed by atoms with van der Waals surface area (Å²) in [6.07, 6.45) is 0. The number of nitrogens with one attached hydrogen (secondary N) is 1. The van der Waals surface area contributed by atoms with Crippen molar-refractivity contribution < 1.29 is 9.47 Å². The zero-order chi connectivity index (χ0) is 20.8. The van der Waals surface area contributed by atoms with Gasteiger partial charge in [0, 0.05) is 11.6 Å². The number of halogens is 3. The van der Waals surface area contributed by atoms with E-state index in [0.717, 1.165) is 21.3 Å². The number of rotatable bonds is 8. The summed E-state index contributed by atoms with van der Waals surface area (Å²) in [5.41, 5.74) is 4.14. The van der Waals surface area contributed by atoms with Crippen LogP contribution >= 0.6 is 39.1 Å². The van der Waals surface area contributed by atoms with E-state index in [4.69, 9.17) is 32.7 Å². The highest BCUT2D eigenvalue weighted by Crippen LogP contribution is 2.38. The number of aryl methyl sites for hydroxylation is 1. The molecule has 3 aromatic rings. The highest BCUT2D eigenvalue weighted by atomic mass is 79.9. The molecular formula is C23H22BrCl2NO2. The van der Waals surface area contributed by atoms with Gasteiger partial charge in [-0.1, -0.05) is 53.0 Å². The van der Waals surface area contributed by atoms with Crippen LogP contribution in [0.1, 0.15) is 23.6 Å². The Bertz CT molecular complexity index is 977. The minimum atomic E-state index is 0.467. The lowest BCUT2D eigenvalue weighted by Gasteiger charge is -2.16. The molecule has 0 amide bonds. The molecule has 0 aliphatic rings. The van der Waals surface area contributed by atoms with E-state index in [1.165, 1.54) is 5.56 Å². The first kappa shape index (κ1) is 21.8. The average molecular weight is 495 g/mol. The van der Waals surface area contributed by atoms with Gasteiger partial charge in [-0.15, -0.1) is 0 Å². The van der Waals surface area contributed by atoms with Gasteiger partial charge in [0.1, 0.15) is 6.61 Å². The minimum Gasteiger partial charge on any atom is -0.490 e. The van der Waals surface area contributed by atoms with E-state index in [1.54, 1.807) is 18.2 Å². The highest BCUT2D eigenvalue weighted by Gasteiger charge is 2.13. The molecule has 3 nitrogen and oxygen atoms in total. The molecule has 0 radical (unpaired) electrons. The van der Waals surface area contributed by atoms with Crippen LogP contribution < -0.4 is 14.8 Å². The predicted octanol–water partition coefficient (Wildman–Crippen LogP) is 7.65. The van der Waals surface area contributed by atoms with Crippen molar-refractivity contribution in [1.29, 1.82) is 0 Å². The topological polar surface area (TPSA) is 30.5 Å². The summed E-state index contributed by atoms with van der Waals surface area (Å²) in [5.74, 6) is 1.39. The van der Waals surface area contributed by atoms with Crippen molar-refractivity contribution in [3.8, 4) is 11.5 Å². The quantitative estimate of drug-likeness (QED) is 0.348. The third-order valence-corrected chi connectivity index (χ3v) is 5.44. The van der Waals surface area contributed by atoms with Gasteiger partial charge in [-0.2, -0.15) is 0 Å². The molecule has 0 aliphatic heterocycles. The summed E-state index contributed by atoms with van der Waals surface area (Å²) in [6.45, 7) is 5.60. The smallest absolute Gasteiger partial charge is 0.175 e. The Morgan fingerprint density at radius 3 is 2.41 bits per heavy atom. The summed E-state index contributed by atoms with van der Waals surface area (Å²) in [6, 6.07) is 17.6. The largest absolute Gasteiger partial charge is 0.490 e. The molecule has 0 spiro atoms. The van der Waals surface area contributed by atoms with Crippen LogP contribution in [0.2, 0.25) is 10.0 Å². The Hall–Kier alpha value is -1.88. The second kappa shape index (κ2) is 10.2. The number of ether oxygens (including phenoxy) is 2. The molecule has 1 N–H and O–H groups in total. The lowest BCUT2D eigenvalue weighted by Crippen LogP contribution is -2.04. The van der Waals surface area contributed by atoms with E-state index in [0.29, 0.717) is 41.3 Å². The van der Waals surface area contributed by atoms with Gasteiger partial charge >= 0.3 is 0 Å². The van der Waals surface area contributed by atoms with Crippen molar-refractivity contribution in [3.63, 3.8) is 0 Å². The molecule has 0 heterocycles. The Labute approximate surface area is 190 Å². The van der Waals surface area contributed by atoms with Crippen molar-refractivity contribution in [1.82, 2.24) is 0 Å². The van der Waals surface area contributed by atoms with Crippen molar-refractivity contribution >= 4 is 44.8 Å². The van der Waals surface area contributed by atoms with E-state index in [-0.39, 0.29) is 0 Å². The molecule has 152 valence electrons. The van der Waals surface area contributed by atoms with Gasteiger partial charge in [-0.3, -0.25) is 0 Å². The molecule has 3 rings (SSSR count). The molecular weight excluding hydrogens is 473 g/mol. The van der Waals surface area contributed by atoms with Crippen LogP contribution in [0, 0.1) is 6.92 Å². The number of hydrogen-bond acceptors (Lipinski definition) is 3. The molecule has 0 fully saturated rings. The van der Waals surface area contributed by atoms with Crippen LogP contribution in [0.15, 0.2) is 59.1 Å². The van der Waals surface area contributed by atoms with Crippen molar-refractivity contribution in [3.05, 3.63) is 85.8 Å². The standard InChI is InChI=1S/C23H22BrCl2NO2/c1-3-28-22-11-17(13-27-21-12-18(25)8-9-20(21)26)10-19(24)23(22)29-14-16-6-4-15(2)5-7-16/h4-12,27H,3,13-14H2,1-2H3. The van der Waals surface area contributed by atoms with Gasteiger partial charge in [0.2, 0.25) is 0 Å². The van der Waals surface area contributed by atoms with Crippen molar-refractivity contribution in [2.75, 3.05) is 11.9 Å². The van der Waals surface area contributed by atoms with Crippen molar-refractivity contribution in [2.24, 2.45) is 0 Å². The van der Waals surface area contributed by atoms with E-state index in [9.17, 15) is 0 Å². The molecule has 0 bridgehead atoms. The summed E-state index contributed by atoms with van der Waals surface area (Å²) < 4.78 is 12.7. The van der Waals surface area contributed by atoms with Gasteiger partial charge in [0.25, 0.3) is 0 Å². The summed E-state index contributed by atoms with van der Waals surface area (Å²) in [4.78, 5) is 0. The second-order valence-electron chi connectivity index (χ2n) is 6.59. The Balaban J connectivity index is 1.76.